The molecule has 0 amide bonds. The Balaban J connectivity index is 3.12. The maximum absolute atomic E-state index is 11.6. The van der Waals surface area contributed by atoms with Gasteiger partial charge in [-0.15, -0.1) is 0 Å². The van der Waals surface area contributed by atoms with Gasteiger partial charge in [-0.3, -0.25) is 4.98 Å². The molecule has 0 spiro atoms. The Labute approximate surface area is 104 Å². The second kappa shape index (κ2) is 5.63. The first-order valence-corrected chi connectivity index (χ1v) is 7.92. The van der Waals surface area contributed by atoms with Crippen LogP contribution in [0.1, 0.15) is 43.0 Å². The summed E-state index contributed by atoms with van der Waals surface area (Å²) >= 11 is 0. The van der Waals surface area contributed by atoms with Gasteiger partial charge in [0.05, 0.1) is 4.90 Å². The quantitative estimate of drug-likeness (QED) is 0.760. The maximum atomic E-state index is 11.6. The lowest BCUT2D eigenvalue weighted by Crippen LogP contribution is -2.06. The van der Waals surface area contributed by atoms with Gasteiger partial charge in [-0.2, -0.15) is 0 Å². The molecule has 3 nitrogen and oxygen atoms in total. The molecule has 0 radical (unpaired) electrons. The van der Waals surface area contributed by atoms with E-state index < -0.39 is 9.84 Å². The van der Waals surface area contributed by atoms with Crippen molar-refractivity contribution in [1.29, 1.82) is 0 Å². The average molecular weight is 255 g/mol. The molecular formula is C13H21NO2S. The maximum Gasteiger partial charge on any atom is 0.177 e. The van der Waals surface area contributed by atoms with Crippen LogP contribution in [0.4, 0.5) is 0 Å². The van der Waals surface area contributed by atoms with Crippen molar-refractivity contribution in [2.45, 2.75) is 51.3 Å². The minimum atomic E-state index is -3.17. The fourth-order valence-electron chi connectivity index (χ4n) is 2.04. The first kappa shape index (κ1) is 14.2. The summed E-state index contributed by atoms with van der Waals surface area (Å²) < 4.78 is 23.2. The van der Waals surface area contributed by atoms with Gasteiger partial charge in [-0.25, -0.2) is 8.42 Å². The number of sulfone groups is 1. The zero-order valence-corrected chi connectivity index (χ0v) is 11.9. The van der Waals surface area contributed by atoms with Gasteiger partial charge in [0.1, 0.15) is 0 Å². The lowest BCUT2D eigenvalue weighted by atomic mass is 10.0. The monoisotopic (exact) mass is 255 g/mol. The Morgan fingerprint density at radius 2 is 1.88 bits per heavy atom. The molecule has 1 heterocycles. The molecule has 0 aliphatic heterocycles. The lowest BCUT2D eigenvalue weighted by molar-refractivity contribution is 0.600. The SMILES string of the molecule is CCCCCc1c(C)ncc(S(C)(=O)=O)c1C. The average Bonchev–Trinajstić information content (AvgIpc) is 2.21. The third-order valence-corrected chi connectivity index (χ3v) is 4.27. The zero-order chi connectivity index (χ0) is 13.1. The van der Waals surface area contributed by atoms with Gasteiger partial charge >= 0.3 is 0 Å². The summed E-state index contributed by atoms with van der Waals surface area (Å²) in [6, 6.07) is 0. The van der Waals surface area contributed by atoms with E-state index in [1.807, 2.05) is 13.8 Å². The molecule has 0 unspecified atom stereocenters. The van der Waals surface area contributed by atoms with Gasteiger partial charge in [0, 0.05) is 18.1 Å². The van der Waals surface area contributed by atoms with Gasteiger partial charge in [0.2, 0.25) is 0 Å². The summed E-state index contributed by atoms with van der Waals surface area (Å²) in [4.78, 5) is 4.58. The molecule has 0 N–H and O–H groups in total. The first-order valence-electron chi connectivity index (χ1n) is 6.03. The van der Waals surface area contributed by atoms with Crippen LogP contribution in [0.15, 0.2) is 11.1 Å². The predicted molar refractivity (Wildman–Crippen MR) is 70.0 cm³/mol. The summed E-state index contributed by atoms with van der Waals surface area (Å²) in [5.41, 5.74) is 2.92. The highest BCUT2D eigenvalue weighted by Gasteiger charge is 2.15. The zero-order valence-electron chi connectivity index (χ0n) is 11.1. The molecule has 0 saturated heterocycles. The van der Waals surface area contributed by atoms with Gasteiger partial charge in [0.15, 0.2) is 9.84 Å². The van der Waals surface area contributed by atoms with E-state index in [-0.39, 0.29) is 0 Å². The third kappa shape index (κ3) is 3.53. The van der Waals surface area contributed by atoms with Crippen molar-refractivity contribution < 1.29 is 8.42 Å². The molecule has 17 heavy (non-hydrogen) atoms. The lowest BCUT2D eigenvalue weighted by Gasteiger charge is -2.12. The van der Waals surface area contributed by atoms with Crippen LogP contribution in [0.5, 0.6) is 0 Å². The Hall–Kier alpha value is -0.900. The molecule has 0 atom stereocenters. The standard InChI is InChI=1S/C13H21NO2S/c1-5-6-7-8-12-10(2)13(17(4,15)16)9-14-11(12)3/h9H,5-8H2,1-4H3. The molecule has 1 aromatic rings. The van der Waals surface area contributed by atoms with Crippen molar-refractivity contribution in [3.05, 3.63) is 23.0 Å². The van der Waals surface area contributed by atoms with Gasteiger partial charge in [-0.1, -0.05) is 19.8 Å². The molecule has 0 saturated carbocycles. The van der Waals surface area contributed by atoms with Crippen molar-refractivity contribution >= 4 is 9.84 Å². The Morgan fingerprint density at radius 3 is 2.41 bits per heavy atom. The number of unbranched alkanes of at least 4 members (excludes halogenated alkanes) is 2. The normalized spacial score (nSPS) is 11.8. The Morgan fingerprint density at radius 1 is 1.24 bits per heavy atom. The van der Waals surface area contributed by atoms with Crippen LogP contribution in [0.3, 0.4) is 0 Å². The highest BCUT2D eigenvalue weighted by Crippen LogP contribution is 2.22. The number of hydrogen-bond acceptors (Lipinski definition) is 3. The van der Waals surface area contributed by atoms with Crippen LogP contribution in [0.25, 0.3) is 0 Å². The minimum Gasteiger partial charge on any atom is -0.260 e. The highest BCUT2D eigenvalue weighted by atomic mass is 32.2. The third-order valence-electron chi connectivity index (χ3n) is 3.06. The van der Waals surface area contributed by atoms with Gasteiger partial charge < -0.3 is 0 Å². The van der Waals surface area contributed by atoms with E-state index in [4.69, 9.17) is 0 Å². The largest absolute Gasteiger partial charge is 0.260 e. The summed E-state index contributed by atoms with van der Waals surface area (Å²) in [5, 5.41) is 0. The second-order valence-corrected chi connectivity index (χ2v) is 6.52. The summed E-state index contributed by atoms with van der Waals surface area (Å²) in [6.07, 6.45) is 7.06. The number of hydrogen-bond donors (Lipinski definition) is 0. The molecule has 4 heteroatoms. The molecule has 0 aliphatic carbocycles. The Bertz CT molecular complexity index is 492. The van der Waals surface area contributed by atoms with E-state index >= 15 is 0 Å². The molecule has 0 bridgehead atoms. The fraction of sp³-hybridized carbons (Fsp3) is 0.615. The van der Waals surface area contributed by atoms with Gasteiger partial charge in [-0.05, 0) is 37.8 Å². The molecule has 1 aromatic heterocycles. The molecular weight excluding hydrogens is 234 g/mol. The van der Waals surface area contributed by atoms with E-state index in [9.17, 15) is 8.42 Å². The summed E-state index contributed by atoms with van der Waals surface area (Å²) in [5.74, 6) is 0. The topological polar surface area (TPSA) is 47.0 Å². The van der Waals surface area contributed by atoms with Crippen LogP contribution in [-0.4, -0.2) is 19.7 Å². The number of rotatable bonds is 5. The van der Waals surface area contributed by atoms with Gasteiger partial charge in [0.25, 0.3) is 0 Å². The molecule has 96 valence electrons. The van der Waals surface area contributed by atoms with Crippen LogP contribution < -0.4 is 0 Å². The predicted octanol–water partition coefficient (Wildman–Crippen LogP) is 2.83. The van der Waals surface area contributed by atoms with Crippen molar-refractivity contribution in [3.8, 4) is 0 Å². The van der Waals surface area contributed by atoms with Crippen molar-refractivity contribution in [2.75, 3.05) is 6.26 Å². The van der Waals surface area contributed by atoms with E-state index in [2.05, 4.69) is 11.9 Å². The fourth-order valence-corrected chi connectivity index (χ4v) is 2.97. The summed E-state index contributed by atoms with van der Waals surface area (Å²) in [7, 11) is -3.17. The van der Waals surface area contributed by atoms with Crippen molar-refractivity contribution in [1.82, 2.24) is 4.98 Å². The number of aryl methyl sites for hydroxylation is 1. The second-order valence-electron chi connectivity index (χ2n) is 4.54. The molecule has 0 aliphatic rings. The minimum absolute atomic E-state index is 0.370. The first-order chi connectivity index (χ1) is 7.88. The van der Waals surface area contributed by atoms with Crippen LogP contribution >= 0.6 is 0 Å². The summed E-state index contributed by atoms with van der Waals surface area (Å²) in [6.45, 7) is 5.98. The molecule has 1 rings (SSSR count). The highest BCUT2D eigenvalue weighted by molar-refractivity contribution is 7.90. The van der Waals surface area contributed by atoms with E-state index in [1.54, 1.807) is 0 Å². The number of nitrogens with zero attached hydrogens (tertiary/aromatic N) is 1. The van der Waals surface area contributed by atoms with Crippen molar-refractivity contribution in [2.24, 2.45) is 0 Å². The van der Waals surface area contributed by atoms with E-state index in [1.165, 1.54) is 18.9 Å². The van der Waals surface area contributed by atoms with Crippen LogP contribution in [-0.2, 0) is 16.3 Å². The van der Waals surface area contributed by atoms with E-state index in [0.717, 1.165) is 36.1 Å². The number of pyridine rings is 1. The number of aromatic nitrogens is 1. The Kier molecular flexibility index (Phi) is 4.69. The van der Waals surface area contributed by atoms with Crippen molar-refractivity contribution in [3.63, 3.8) is 0 Å². The van der Waals surface area contributed by atoms with Crippen LogP contribution in [0, 0.1) is 13.8 Å². The van der Waals surface area contributed by atoms with Crippen LogP contribution in [0.2, 0.25) is 0 Å². The molecule has 0 aromatic carbocycles. The smallest absolute Gasteiger partial charge is 0.177 e. The molecule has 0 fully saturated rings. The van der Waals surface area contributed by atoms with E-state index in [0.29, 0.717) is 4.90 Å².